The third kappa shape index (κ3) is 17.0. The lowest BCUT2D eigenvalue weighted by Crippen LogP contribution is -2.32. The Morgan fingerprint density at radius 1 is 0.220 bits per heavy atom. The van der Waals surface area contributed by atoms with E-state index in [1.165, 1.54) is 81.7 Å². The Balaban J connectivity index is 0.000000145. The van der Waals surface area contributed by atoms with Gasteiger partial charge in [-0.1, -0.05) is 128 Å². The van der Waals surface area contributed by atoms with E-state index in [4.69, 9.17) is 0 Å². The van der Waals surface area contributed by atoms with Gasteiger partial charge in [-0.3, -0.25) is 0 Å². The lowest BCUT2D eigenvalue weighted by atomic mass is 9.91. The Morgan fingerprint density at radius 2 is 0.525 bits per heavy atom. The van der Waals surface area contributed by atoms with Gasteiger partial charge in [0.25, 0.3) is 0 Å². The molecule has 15 aromatic rings. The summed E-state index contributed by atoms with van der Waals surface area (Å²) in [7, 11) is 10.3. The molecule has 608 valence electrons. The molecule has 5 heterocycles. The fourth-order valence-electron chi connectivity index (χ4n) is 17.2. The van der Waals surface area contributed by atoms with Gasteiger partial charge in [0, 0.05) is 29.3 Å². The van der Waals surface area contributed by atoms with Gasteiger partial charge in [-0.15, -0.1) is 0 Å². The highest BCUT2D eigenvalue weighted by Gasteiger charge is 2.29. The molecule has 0 fully saturated rings. The zero-order valence-electron chi connectivity index (χ0n) is 75.3. The number of rotatable bonds is 9. The largest absolute Gasteiger partial charge is 0.220 e. The highest BCUT2D eigenvalue weighted by molar-refractivity contribution is 6.00. The molecular formula is C108H121F5N5+5. The van der Waals surface area contributed by atoms with Crippen molar-refractivity contribution in [2.45, 2.75) is 190 Å². The molecule has 10 heteroatoms. The third-order valence-electron chi connectivity index (χ3n) is 24.9. The summed E-state index contributed by atoms with van der Waals surface area (Å²) in [5, 5.41) is 12.3. The summed E-state index contributed by atoms with van der Waals surface area (Å²) in [6.07, 6.45) is 10.6. The predicted octanol–water partition coefficient (Wildman–Crippen LogP) is 26.8. The molecule has 0 spiro atoms. The number of pyridine rings is 5. The molecule has 0 saturated carbocycles. The van der Waals surface area contributed by atoms with E-state index in [2.05, 4.69) is 273 Å². The highest BCUT2D eigenvalue weighted by Crippen LogP contribution is 2.41. The van der Waals surface area contributed by atoms with Crippen LogP contribution in [0.4, 0.5) is 22.0 Å². The first-order chi connectivity index (χ1) is 55.7. The molecule has 0 radical (unpaired) electrons. The van der Waals surface area contributed by atoms with Crippen LogP contribution in [-0.2, 0) is 35.2 Å². The minimum atomic E-state index is -0.0969. The van der Waals surface area contributed by atoms with Gasteiger partial charge in [0.05, 0.1) is 54.7 Å². The summed E-state index contributed by atoms with van der Waals surface area (Å²) < 4.78 is 82.0. The first-order valence-corrected chi connectivity index (χ1v) is 41.6. The van der Waals surface area contributed by atoms with Crippen LogP contribution in [0.15, 0.2) is 183 Å². The van der Waals surface area contributed by atoms with Crippen molar-refractivity contribution in [3.05, 3.63) is 323 Å². The first-order valence-electron chi connectivity index (χ1n) is 41.6. The van der Waals surface area contributed by atoms with E-state index in [9.17, 15) is 22.0 Å². The van der Waals surface area contributed by atoms with Crippen molar-refractivity contribution in [3.8, 4) is 56.3 Å². The molecule has 0 aliphatic rings. The van der Waals surface area contributed by atoms with Crippen LogP contribution in [-0.4, -0.2) is 0 Å². The molecule has 5 aromatic heterocycles. The van der Waals surface area contributed by atoms with Gasteiger partial charge in [0.2, 0.25) is 28.5 Å². The summed E-state index contributed by atoms with van der Waals surface area (Å²) in [6.45, 7) is 48.4. The summed E-state index contributed by atoms with van der Waals surface area (Å²) in [5.41, 5.74) is 30.1. The second-order valence-corrected chi connectivity index (χ2v) is 34.4. The van der Waals surface area contributed by atoms with Crippen molar-refractivity contribution in [3.63, 3.8) is 0 Å². The number of benzene rings is 10. The van der Waals surface area contributed by atoms with E-state index in [-0.39, 0.29) is 29.1 Å². The van der Waals surface area contributed by atoms with E-state index in [0.717, 1.165) is 112 Å². The van der Waals surface area contributed by atoms with Crippen molar-refractivity contribution in [1.82, 2.24) is 0 Å². The Hall–Kier alpha value is -11.1. The fourth-order valence-corrected chi connectivity index (χ4v) is 17.2. The standard InChI is InChI=1S/4C22H25FN.C20H21FN/c1-13(2)17-7-8-19-18(12-17)9-10-24(6)22(19)20-11-14(3)21(23)16(5)15(20)4;1-13(2)18-8-7-17-9-10-24(6)22(20(17)12-18)19-11-14(3)21(23)16(5)15(19)4;1-13(2)17-8-7-9-19-18(17)10-11-24(6)22(19)20-12-14(3)21(23)16(5)15(20)4;1-13(2)20-12-24(6)22(18-10-8-7-9-17(18)20)19-11-14(3)21(23)16(5)15(19)4;1-12-10-18(14(3)15(4)19(12)21)20-17-9-7-6-8-16(17)13(2)11-22(20)5/h4*7-13H,1-6H3;6-11H,1-5H3/q5*+1. The third-order valence-corrected chi connectivity index (χ3v) is 24.9. The Morgan fingerprint density at radius 3 is 0.924 bits per heavy atom. The number of hydrogen-bond acceptors (Lipinski definition) is 0. The number of fused-ring (bicyclic) bond motifs is 5. The van der Waals surface area contributed by atoms with E-state index in [1.807, 2.05) is 134 Å². The minimum Gasteiger partial charge on any atom is -0.206 e. The smallest absolute Gasteiger partial charge is 0.206 e. The topological polar surface area (TPSA) is 19.4 Å². The second-order valence-electron chi connectivity index (χ2n) is 34.4. The Labute approximate surface area is 698 Å². The molecule has 0 saturated heterocycles. The molecule has 15 rings (SSSR count). The van der Waals surface area contributed by atoms with Gasteiger partial charge >= 0.3 is 0 Å². The minimum absolute atomic E-state index is 0.0954. The van der Waals surface area contributed by atoms with Crippen LogP contribution in [0.3, 0.4) is 0 Å². The van der Waals surface area contributed by atoms with Crippen molar-refractivity contribution >= 4 is 53.9 Å². The van der Waals surface area contributed by atoms with Gasteiger partial charge in [-0.2, -0.15) is 0 Å². The molecular weight excluding hydrogens is 1460 g/mol. The molecule has 0 amide bonds. The van der Waals surface area contributed by atoms with Crippen LogP contribution in [0.2, 0.25) is 0 Å². The van der Waals surface area contributed by atoms with Crippen molar-refractivity contribution in [1.29, 1.82) is 0 Å². The SMILES string of the molecule is Cc1cc(-c2c3cc(C(C)C)ccc3cc[n+]2C)c(C)c(C)c1F.Cc1cc(-c2c3ccc(C(C)C)cc3cc[n+]2C)c(C)c(C)c1F.Cc1cc(-c2c3cccc(C(C)C)c3cc[n+]2C)c(C)c(C)c1F.Cc1cc(-c2c3ccccc3c(C(C)C)c[n+]2C)c(C)c(C)c1F.Cc1cc(-c2c3ccccc3c(C)c[n+]2C)c(C)c(C)c1F. The van der Waals surface area contributed by atoms with E-state index >= 15 is 0 Å². The van der Waals surface area contributed by atoms with Crippen molar-refractivity contribution in [2.75, 3.05) is 0 Å². The predicted molar refractivity (Wildman–Crippen MR) is 485 cm³/mol. The lowest BCUT2D eigenvalue weighted by Gasteiger charge is -2.15. The van der Waals surface area contributed by atoms with Gasteiger partial charge in [0.1, 0.15) is 64.3 Å². The molecule has 10 aromatic carbocycles. The Bertz CT molecular complexity index is 6270. The summed E-state index contributed by atoms with van der Waals surface area (Å²) in [6, 6.07) is 53.1. The summed E-state index contributed by atoms with van der Waals surface area (Å²) >= 11 is 0. The molecule has 0 aliphatic heterocycles. The monoisotopic (exact) mass is 1580 g/mol. The number of aromatic nitrogens is 5. The maximum Gasteiger partial charge on any atom is 0.220 e. The van der Waals surface area contributed by atoms with Crippen molar-refractivity contribution in [2.24, 2.45) is 35.2 Å². The van der Waals surface area contributed by atoms with Crippen LogP contribution in [0.1, 0.15) is 190 Å². The summed E-state index contributed by atoms with van der Waals surface area (Å²) in [5.74, 6) is 1.42. The second kappa shape index (κ2) is 35.6. The number of halogens is 5. The molecule has 0 unspecified atom stereocenters. The first kappa shape index (κ1) is 87.7. The maximum absolute atomic E-state index is 14.3. The van der Waals surface area contributed by atoms with Crippen LogP contribution in [0.25, 0.3) is 110 Å². The average molecular weight is 1580 g/mol. The molecule has 118 heavy (non-hydrogen) atoms. The molecule has 5 nitrogen and oxygen atoms in total. The highest BCUT2D eigenvalue weighted by atomic mass is 19.1. The zero-order chi connectivity index (χ0) is 86.4. The normalized spacial score (nSPS) is 11.4. The van der Waals surface area contributed by atoms with E-state index in [0.29, 0.717) is 51.5 Å². The quantitative estimate of drug-likeness (QED) is 0.101. The van der Waals surface area contributed by atoms with Crippen LogP contribution < -0.4 is 22.8 Å². The van der Waals surface area contributed by atoms with E-state index in [1.54, 1.807) is 0 Å². The van der Waals surface area contributed by atoms with Crippen LogP contribution in [0.5, 0.6) is 0 Å². The van der Waals surface area contributed by atoms with Gasteiger partial charge in [0.15, 0.2) is 31.0 Å². The molecule has 0 aliphatic carbocycles. The van der Waals surface area contributed by atoms with Crippen LogP contribution >= 0.6 is 0 Å². The van der Waals surface area contributed by atoms with E-state index < -0.39 is 0 Å². The zero-order valence-corrected chi connectivity index (χ0v) is 75.3. The molecule has 0 atom stereocenters. The summed E-state index contributed by atoms with van der Waals surface area (Å²) in [4.78, 5) is 0. The van der Waals surface area contributed by atoms with Gasteiger partial charge < -0.3 is 0 Å². The average Bonchev–Trinajstić information content (AvgIpc) is 1.44. The van der Waals surface area contributed by atoms with Gasteiger partial charge in [-0.25, -0.2) is 44.8 Å². The molecule has 0 bridgehead atoms. The van der Waals surface area contributed by atoms with Gasteiger partial charge in [-0.05, 0) is 322 Å². The van der Waals surface area contributed by atoms with Crippen molar-refractivity contribution < 1.29 is 44.8 Å². The maximum atomic E-state index is 14.3. The number of hydrogen-bond donors (Lipinski definition) is 0. The number of nitrogens with zero attached hydrogens (tertiary/aromatic N) is 5. The number of aryl methyl sites for hydroxylation is 11. The Kier molecular flexibility index (Phi) is 26.5. The lowest BCUT2D eigenvalue weighted by molar-refractivity contribution is -0.659. The fraction of sp³-hybridized carbons (Fsp3) is 0.306. The molecule has 0 N–H and O–H groups in total. The van der Waals surface area contributed by atoms with Crippen LogP contribution in [0, 0.1) is 140 Å².